The molecule has 0 fully saturated rings. The van der Waals surface area contributed by atoms with Crippen molar-refractivity contribution >= 4 is 17.3 Å². The number of nitrogen functional groups attached to an aromatic ring is 1. The van der Waals surface area contributed by atoms with Crippen molar-refractivity contribution in [3.05, 3.63) is 47.8 Å². The number of H-pyrrole nitrogens is 1. The fraction of sp³-hybridized carbons (Fsp3) is 0.0833. The number of benzene rings is 1. The van der Waals surface area contributed by atoms with Crippen molar-refractivity contribution in [2.24, 2.45) is 0 Å². The highest BCUT2D eigenvalue weighted by Crippen LogP contribution is 2.11. The van der Waals surface area contributed by atoms with E-state index in [0.717, 1.165) is 11.3 Å². The number of anilines is 2. The third-order valence-electron chi connectivity index (χ3n) is 2.26. The van der Waals surface area contributed by atoms with Crippen molar-refractivity contribution in [1.82, 2.24) is 4.98 Å². The Morgan fingerprint density at radius 3 is 2.56 bits per heavy atom. The van der Waals surface area contributed by atoms with Crippen molar-refractivity contribution in [1.29, 1.82) is 0 Å². The first-order valence-corrected chi connectivity index (χ1v) is 4.97. The molecule has 0 aliphatic carbocycles. The molecule has 0 saturated carbocycles. The largest absolute Gasteiger partial charge is 0.397 e. The fourth-order valence-electron chi connectivity index (χ4n) is 1.38. The topological polar surface area (TPSA) is 70.9 Å². The van der Waals surface area contributed by atoms with Crippen molar-refractivity contribution in [2.75, 3.05) is 11.1 Å². The zero-order chi connectivity index (χ0) is 11.5. The van der Waals surface area contributed by atoms with E-state index in [-0.39, 0.29) is 5.91 Å². The molecule has 82 valence electrons. The first kappa shape index (κ1) is 10.3. The molecule has 1 aromatic heterocycles. The smallest absolute Gasteiger partial charge is 0.272 e. The van der Waals surface area contributed by atoms with Gasteiger partial charge in [-0.15, -0.1) is 0 Å². The Labute approximate surface area is 93.5 Å². The first-order chi connectivity index (χ1) is 7.65. The van der Waals surface area contributed by atoms with Crippen molar-refractivity contribution in [3.63, 3.8) is 0 Å². The van der Waals surface area contributed by atoms with E-state index in [1.54, 1.807) is 12.3 Å². The number of aryl methyl sites for hydroxylation is 1. The first-order valence-electron chi connectivity index (χ1n) is 4.97. The lowest BCUT2D eigenvalue weighted by Crippen LogP contribution is -2.12. The predicted octanol–water partition coefficient (Wildman–Crippen LogP) is 2.16. The highest BCUT2D eigenvalue weighted by atomic mass is 16.1. The van der Waals surface area contributed by atoms with Crippen molar-refractivity contribution < 1.29 is 4.79 Å². The molecule has 0 atom stereocenters. The van der Waals surface area contributed by atoms with Crippen LogP contribution in [0.25, 0.3) is 0 Å². The molecule has 1 aromatic carbocycles. The molecule has 0 saturated heterocycles. The normalized spacial score (nSPS) is 10.1. The van der Waals surface area contributed by atoms with E-state index in [1.807, 2.05) is 31.2 Å². The lowest BCUT2D eigenvalue weighted by Gasteiger charge is -2.03. The second kappa shape index (κ2) is 4.10. The minimum Gasteiger partial charge on any atom is -0.397 e. The zero-order valence-corrected chi connectivity index (χ0v) is 8.95. The Hall–Kier alpha value is -2.23. The number of rotatable bonds is 2. The standard InChI is InChI=1S/C12H13N3O/c1-8-2-4-10(5-3-8)15-12(16)11-6-9(13)7-14-11/h2-7,14H,13H2,1H3,(H,15,16). The molecule has 0 radical (unpaired) electrons. The number of nitrogens with two attached hydrogens (primary N) is 1. The lowest BCUT2D eigenvalue weighted by atomic mass is 10.2. The van der Waals surface area contributed by atoms with Gasteiger partial charge >= 0.3 is 0 Å². The molecule has 0 aliphatic rings. The van der Waals surface area contributed by atoms with E-state index in [0.29, 0.717) is 11.4 Å². The van der Waals surface area contributed by atoms with Gasteiger partial charge in [-0.25, -0.2) is 0 Å². The van der Waals surface area contributed by atoms with Crippen LogP contribution in [-0.4, -0.2) is 10.9 Å². The van der Waals surface area contributed by atoms with Gasteiger partial charge in [-0.3, -0.25) is 4.79 Å². The molecule has 1 amide bonds. The van der Waals surface area contributed by atoms with Crippen LogP contribution < -0.4 is 11.1 Å². The highest BCUT2D eigenvalue weighted by Gasteiger charge is 2.07. The van der Waals surface area contributed by atoms with E-state index in [9.17, 15) is 4.79 Å². The van der Waals surface area contributed by atoms with Crippen LogP contribution in [0, 0.1) is 6.92 Å². The average molecular weight is 215 g/mol. The van der Waals surface area contributed by atoms with E-state index in [4.69, 9.17) is 5.73 Å². The number of carbonyl (C=O) groups is 1. The number of hydrogen-bond acceptors (Lipinski definition) is 2. The summed E-state index contributed by atoms with van der Waals surface area (Å²) < 4.78 is 0. The van der Waals surface area contributed by atoms with E-state index in [2.05, 4.69) is 10.3 Å². The van der Waals surface area contributed by atoms with Crippen LogP contribution in [0.15, 0.2) is 36.5 Å². The van der Waals surface area contributed by atoms with E-state index >= 15 is 0 Å². The van der Waals surface area contributed by atoms with Gasteiger partial charge in [0, 0.05) is 17.6 Å². The van der Waals surface area contributed by atoms with Crippen LogP contribution in [0.1, 0.15) is 16.1 Å². The Bertz CT molecular complexity index is 499. The quantitative estimate of drug-likeness (QED) is 0.718. The number of aromatic nitrogens is 1. The lowest BCUT2D eigenvalue weighted by molar-refractivity contribution is 0.102. The summed E-state index contributed by atoms with van der Waals surface area (Å²) in [5, 5.41) is 2.77. The Morgan fingerprint density at radius 2 is 2.00 bits per heavy atom. The average Bonchev–Trinajstić information content (AvgIpc) is 2.68. The molecule has 1 heterocycles. The van der Waals surface area contributed by atoms with Crippen molar-refractivity contribution in [2.45, 2.75) is 6.92 Å². The Balaban J connectivity index is 2.10. The van der Waals surface area contributed by atoms with Gasteiger partial charge in [0.25, 0.3) is 5.91 Å². The number of aromatic amines is 1. The van der Waals surface area contributed by atoms with Gasteiger partial charge in [0.05, 0.1) is 0 Å². The van der Waals surface area contributed by atoms with Gasteiger partial charge in [-0.1, -0.05) is 17.7 Å². The SMILES string of the molecule is Cc1ccc(NC(=O)c2cc(N)c[nH]2)cc1. The maximum absolute atomic E-state index is 11.7. The van der Waals surface area contributed by atoms with Gasteiger partial charge in [-0.05, 0) is 25.1 Å². The summed E-state index contributed by atoms with van der Waals surface area (Å²) in [5.74, 6) is -0.194. The summed E-state index contributed by atoms with van der Waals surface area (Å²) in [7, 11) is 0. The van der Waals surface area contributed by atoms with Crippen LogP contribution in [0.2, 0.25) is 0 Å². The fourth-order valence-corrected chi connectivity index (χ4v) is 1.38. The number of hydrogen-bond donors (Lipinski definition) is 3. The predicted molar refractivity (Wildman–Crippen MR) is 64.3 cm³/mol. The summed E-state index contributed by atoms with van der Waals surface area (Å²) in [4.78, 5) is 14.5. The third kappa shape index (κ3) is 2.23. The van der Waals surface area contributed by atoms with Gasteiger partial charge in [0.2, 0.25) is 0 Å². The number of nitrogens with one attached hydrogen (secondary N) is 2. The van der Waals surface area contributed by atoms with Crippen molar-refractivity contribution in [3.8, 4) is 0 Å². The van der Waals surface area contributed by atoms with Crippen LogP contribution in [0.5, 0.6) is 0 Å². The molecule has 0 bridgehead atoms. The summed E-state index contributed by atoms with van der Waals surface area (Å²) in [6.07, 6.45) is 1.59. The maximum atomic E-state index is 11.7. The van der Waals surface area contributed by atoms with E-state index < -0.39 is 0 Å². The minimum absolute atomic E-state index is 0.194. The summed E-state index contributed by atoms with van der Waals surface area (Å²) >= 11 is 0. The van der Waals surface area contributed by atoms with Gasteiger partial charge in [0.1, 0.15) is 5.69 Å². The zero-order valence-electron chi connectivity index (χ0n) is 8.95. The summed E-state index contributed by atoms with van der Waals surface area (Å²) in [6, 6.07) is 9.21. The highest BCUT2D eigenvalue weighted by molar-refractivity contribution is 6.03. The molecule has 0 unspecified atom stereocenters. The molecule has 4 heteroatoms. The number of carbonyl (C=O) groups excluding carboxylic acids is 1. The Morgan fingerprint density at radius 1 is 1.31 bits per heavy atom. The van der Waals surface area contributed by atoms with Crippen LogP contribution in [0.4, 0.5) is 11.4 Å². The van der Waals surface area contributed by atoms with Crippen LogP contribution in [0.3, 0.4) is 0 Å². The molecule has 4 N–H and O–H groups in total. The van der Waals surface area contributed by atoms with E-state index in [1.165, 1.54) is 0 Å². The number of amides is 1. The van der Waals surface area contributed by atoms with Gasteiger partial charge in [0.15, 0.2) is 0 Å². The second-order valence-electron chi connectivity index (χ2n) is 3.67. The molecule has 2 rings (SSSR count). The molecule has 0 aliphatic heterocycles. The molecular weight excluding hydrogens is 202 g/mol. The van der Waals surface area contributed by atoms with Gasteiger partial charge < -0.3 is 16.0 Å². The molecule has 2 aromatic rings. The minimum atomic E-state index is -0.194. The summed E-state index contributed by atoms with van der Waals surface area (Å²) in [5.41, 5.74) is 8.45. The van der Waals surface area contributed by atoms with Crippen LogP contribution >= 0.6 is 0 Å². The molecule has 16 heavy (non-hydrogen) atoms. The maximum Gasteiger partial charge on any atom is 0.272 e. The summed E-state index contributed by atoms with van der Waals surface area (Å²) in [6.45, 7) is 2.00. The molecule has 0 spiro atoms. The second-order valence-corrected chi connectivity index (χ2v) is 3.67. The van der Waals surface area contributed by atoms with Crippen LogP contribution in [-0.2, 0) is 0 Å². The monoisotopic (exact) mass is 215 g/mol. The third-order valence-corrected chi connectivity index (χ3v) is 2.26. The van der Waals surface area contributed by atoms with Gasteiger partial charge in [-0.2, -0.15) is 0 Å². The molecule has 4 nitrogen and oxygen atoms in total. The molecular formula is C12H13N3O. The Kier molecular flexibility index (Phi) is 2.64.